The second-order valence-electron chi connectivity index (χ2n) is 8.73. The molecule has 3 aliphatic heterocycles. The molecule has 3 aromatic carbocycles. The number of carbonyl (C=O) groups is 1. The Hall–Kier alpha value is -4.28. The van der Waals surface area contributed by atoms with Gasteiger partial charge in [-0.25, -0.2) is 9.38 Å². The number of amidine groups is 1. The van der Waals surface area contributed by atoms with Crippen LogP contribution in [0.5, 0.6) is 0 Å². The quantitative estimate of drug-likeness (QED) is 0.510. The number of hydrogen-bond acceptors (Lipinski definition) is 7. The Kier molecular flexibility index (Phi) is 6.25. The van der Waals surface area contributed by atoms with Gasteiger partial charge in [-0.2, -0.15) is 10.4 Å². The molecular formula is C27H25FN6O3. The van der Waals surface area contributed by atoms with Gasteiger partial charge < -0.3 is 19.7 Å². The highest BCUT2D eigenvalue weighted by molar-refractivity contribution is 6.19. The van der Waals surface area contributed by atoms with Crippen LogP contribution in [0.3, 0.4) is 0 Å². The number of aliphatic imine (C=N–C) groups is 2. The van der Waals surface area contributed by atoms with Crippen LogP contribution in [-0.2, 0) is 14.3 Å². The molecule has 3 aliphatic rings. The van der Waals surface area contributed by atoms with Crippen molar-refractivity contribution in [2.75, 3.05) is 36.5 Å². The first-order valence-corrected chi connectivity index (χ1v) is 12.1. The number of hydrazine groups is 1. The van der Waals surface area contributed by atoms with Crippen LogP contribution >= 0.6 is 0 Å². The Bertz CT molecular complexity index is 1370. The lowest BCUT2D eigenvalue weighted by Crippen LogP contribution is -2.37. The summed E-state index contributed by atoms with van der Waals surface area (Å²) in [7, 11) is 0. The molecule has 37 heavy (non-hydrogen) atoms. The van der Waals surface area contributed by atoms with E-state index in [4.69, 9.17) is 9.47 Å². The van der Waals surface area contributed by atoms with E-state index in [1.54, 1.807) is 12.1 Å². The average Bonchev–Trinajstić information content (AvgIpc) is 3.36. The molecule has 3 heterocycles. The van der Waals surface area contributed by atoms with Crippen molar-refractivity contribution in [3.63, 3.8) is 0 Å². The van der Waals surface area contributed by atoms with Gasteiger partial charge in [0.15, 0.2) is 6.23 Å². The topological polar surface area (TPSA) is 99.6 Å². The third-order valence-electron chi connectivity index (χ3n) is 6.40. The molecular weight excluding hydrogens is 475 g/mol. The first-order valence-electron chi connectivity index (χ1n) is 12.1. The Morgan fingerprint density at radius 1 is 0.973 bits per heavy atom. The summed E-state index contributed by atoms with van der Waals surface area (Å²) < 4.78 is 26.3. The Morgan fingerprint density at radius 3 is 2.59 bits per heavy atom. The maximum absolute atomic E-state index is 14.7. The van der Waals surface area contributed by atoms with Crippen molar-refractivity contribution < 1.29 is 18.7 Å². The third-order valence-corrected chi connectivity index (χ3v) is 6.40. The SMILES string of the molecule is O=C1Nc2c(F)cccc2C(c2ccccc2)=NC1N=C1NNC(c2ccccc2N2CCOCC2)O1. The molecule has 0 aliphatic carbocycles. The molecule has 3 N–H and O–H groups in total. The van der Waals surface area contributed by atoms with Crippen LogP contribution in [0.25, 0.3) is 0 Å². The monoisotopic (exact) mass is 500 g/mol. The second kappa shape index (κ2) is 10.00. The number of rotatable bonds is 4. The minimum atomic E-state index is -1.19. The molecule has 2 fully saturated rings. The van der Waals surface area contributed by atoms with E-state index in [0.29, 0.717) is 24.5 Å². The van der Waals surface area contributed by atoms with E-state index in [1.807, 2.05) is 54.6 Å². The molecule has 10 heteroatoms. The van der Waals surface area contributed by atoms with Gasteiger partial charge in [-0.05, 0) is 12.1 Å². The van der Waals surface area contributed by atoms with Crippen LogP contribution in [0, 0.1) is 5.82 Å². The predicted molar refractivity (Wildman–Crippen MR) is 138 cm³/mol. The van der Waals surface area contributed by atoms with Crippen molar-refractivity contribution in [2.24, 2.45) is 9.98 Å². The molecule has 0 spiro atoms. The van der Waals surface area contributed by atoms with Crippen LogP contribution in [-0.4, -0.2) is 50.1 Å². The highest BCUT2D eigenvalue weighted by atomic mass is 19.1. The molecule has 0 bridgehead atoms. The third kappa shape index (κ3) is 4.64. The van der Waals surface area contributed by atoms with Crippen LogP contribution in [0.4, 0.5) is 15.8 Å². The van der Waals surface area contributed by atoms with Gasteiger partial charge in [0.2, 0.25) is 6.17 Å². The lowest BCUT2D eigenvalue weighted by Gasteiger charge is -2.31. The molecule has 0 saturated carbocycles. The number of anilines is 2. The van der Waals surface area contributed by atoms with E-state index in [1.165, 1.54) is 6.07 Å². The Balaban J connectivity index is 1.31. The van der Waals surface area contributed by atoms with Crippen molar-refractivity contribution in [1.29, 1.82) is 0 Å². The largest absolute Gasteiger partial charge is 0.439 e. The van der Waals surface area contributed by atoms with Crippen LogP contribution in [0.1, 0.15) is 22.9 Å². The van der Waals surface area contributed by atoms with Gasteiger partial charge in [-0.1, -0.05) is 60.7 Å². The highest BCUT2D eigenvalue weighted by Gasteiger charge is 2.31. The number of ether oxygens (including phenoxy) is 2. The summed E-state index contributed by atoms with van der Waals surface area (Å²) in [4.78, 5) is 24.4. The first kappa shape index (κ1) is 23.1. The zero-order chi connectivity index (χ0) is 25.2. The number of benzodiazepines with no additional fused rings is 1. The molecule has 2 atom stereocenters. The highest BCUT2D eigenvalue weighted by Crippen LogP contribution is 2.30. The molecule has 0 radical (unpaired) electrons. The number of benzene rings is 3. The molecule has 188 valence electrons. The molecule has 9 nitrogen and oxygen atoms in total. The average molecular weight is 501 g/mol. The van der Waals surface area contributed by atoms with Gasteiger partial charge in [0.1, 0.15) is 5.82 Å². The number of nitrogens with zero attached hydrogens (tertiary/aromatic N) is 3. The number of fused-ring (bicyclic) bond motifs is 1. The van der Waals surface area contributed by atoms with E-state index in [-0.39, 0.29) is 11.7 Å². The lowest BCUT2D eigenvalue weighted by molar-refractivity contribution is -0.117. The van der Waals surface area contributed by atoms with Crippen molar-refractivity contribution in [3.05, 3.63) is 95.3 Å². The van der Waals surface area contributed by atoms with Crippen molar-refractivity contribution in [2.45, 2.75) is 12.4 Å². The molecule has 6 rings (SSSR count). The summed E-state index contributed by atoms with van der Waals surface area (Å²) in [6.07, 6.45) is -1.72. The second-order valence-corrected chi connectivity index (χ2v) is 8.73. The van der Waals surface area contributed by atoms with Gasteiger partial charge >= 0.3 is 6.02 Å². The molecule has 3 aromatic rings. The van der Waals surface area contributed by atoms with Gasteiger partial charge in [0, 0.05) is 35.5 Å². The van der Waals surface area contributed by atoms with Crippen molar-refractivity contribution >= 4 is 29.0 Å². The number of hydrogen-bond donors (Lipinski definition) is 3. The van der Waals surface area contributed by atoms with Crippen LogP contribution < -0.4 is 21.1 Å². The summed E-state index contributed by atoms with van der Waals surface area (Å²) in [6.45, 7) is 2.91. The number of carbonyl (C=O) groups excluding carboxylic acids is 1. The minimum Gasteiger partial charge on any atom is -0.439 e. The zero-order valence-corrected chi connectivity index (χ0v) is 19.9. The van der Waals surface area contributed by atoms with E-state index in [2.05, 4.69) is 31.1 Å². The Morgan fingerprint density at radius 2 is 1.76 bits per heavy atom. The Labute approximate surface area is 213 Å². The standard InChI is InChI=1S/C27H25FN6O3/c28-20-11-6-10-19-22(17-7-2-1-3-8-17)29-24(25(35)30-23(19)20)31-27-33-32-26(37-27)18-9-4-5-12-21(18)34-13-15-36-16-14-34/h1-12,24,26,32H,13-16H2,(H,30,35)(H,31,33). The number of morpholine rings is 1. The number of para-hydroxylation sites is 2. The lowest BCUT2D eigenvalue weighted by atomic mass is 10.0. The van der Waals surface area contributed by atoms with Crippen molar-refractivity contribution in [1.82, 2.24) is 10.9 Å². The van der Waals surface area contributed by atoms with E-state index < -0.39 is 24.1 Å². The summed E-state index contributed by atoms with van der Waals surface area (Å²) >= 11 is 0. The molecule has 0 aromatic heterocycles. The molecule has 2 saturated heterocycles. The van der Waals surface area contributed by atoms with E-state index in [0.717, 1.165) is 29.9 Å². The van der Waals surface area contributed by atoms with Crippen molar-refractivity contribution in [3.8, 4) is 0 Å². The number of amides is 1. The fourth-order valence-electron chi connectivity index (χ4n) is 4.61. The predicted octanol–water partition coefficient (Wildman–Crippen LogP) is 2.96. The number of nitrogens with one attached hydrogen (secondary N) is 3. The summed E-state index contributed by atoms with van der Waals surface area (Å²) in [5.74, 6) is -1.10. The van der Waals surface area contributed by atoms with Gasteiger partial charge in [-0.15, -0.1) is 0 Å². The van der Waals surface area contributed by atoms with Gasteiger partial charge in [0.25, 0.3) is 5.91 Å². The first-order chi connectivity index (χ1) is 18.2. The number of halogens is 1. The fraction of sp³-hybridized carbons (Fsp3) is 0.222. The summed E-state index contributed by atoms with van der Waals surface area (Å²) in [5, 5.41) is 2.65. The maximum atomic E-state index is 14.7. The molecule has 2 unspecified atom stereocenters. The fourth-order valence-corrected chi connectivity index (χ4v) is 4.61. The van der Waals surface area contributed by atoms with Gasteiger partial charge in [0.05, 0.1) is 24.6 Å². The molecule has 1 amide bonds. The van der Waals surface area contributed by atoms with Crippen LogP contribution in [0.15, 0.2) is 82.8 Å². The minimum absolute atomic E-state index is 0.0774. The van der Waals surface area contributed by atoms with E-state index in [9.17, 15) is 9.18 Å². The smallest absolute Gasteiger partial charge is 0.304 e. The van der Waals surface area contributed by atoms with E-state index >= 15 is 0 Å². The maximum Gasteiger partial charge on any atom is 0.304 e. The summed E-state index contributed by atoms with van der Waals surface area (Å²) in [6, 6.07) is 22.0. The van der Waals surface area contributed by atoms with Crippen LogP contribution in [0.2, 0.25) is 0 Å². The normalized spacial score (nSPS) is 22.4. The summed E-state index contributed by atoms with van der Waals surface area (Å²) in [5.41, 5.74) is 9.74. The van der Waals surface area contributed by atoms with Gasteiger partial charge in [-0.3, -0.25) is 10.2 Å². The zero-order valence-electron chi connectivity index (χ0n) is 19.9.